The van der Waals surface area contributed by atoms with Gasteiger partial charge in [0, 0.05) is 5.92 Å². The van der Waals surface area contributed by atoms with Crippen molar-refractivity contribution in [2.45, 2.75) is 69.0 Å². The Hall–Kier alpha value is -2.58. The fourth-order valence-corrected chi connectivity index (χ4v) is 6.07. The van der Waals surface area contributed by atoms with Crippen LogP contribution in [0.5, 0.6) is 0 Å². The van der Waals surface area contributed by atoms with Gasteiger partial charge in [-0.05, 0) is 48.4 Å². The van der Waals surface area contributed by atoms with Gasteiger partial charge in [-0.25, -0.2) is 0 Å². The molecule has 7 rings (SSSR count). The molecule has 3 heterocycles. The minimum atomic E-state index is -1.03. The SMILES string of the molecule is CC1(C)OC[C@]2(OC[C@H]3O[C@@H]([C@@H]4C[C@H]4c4ccccc4)O[C@H]3[C@@H]2OCc2ccc(-c3ccccc3)cc2)O1. The third-order valence-electron chi connectivity index (χ3n) is 8.14. The van der Waals surface area contributed by atoms with Gasteiger partial charge in [-0.1, -0.05) is 84.9 Å². The largest absolute Gasteiger partial charge is 0.365 e. The van der Waals surface area contributed by atoms with Crippen LogP contribution in [0.1, 0.15) is 37.3 Å². The van der Waals surface area contributed by atoms with Gasteiger partial charge < -0.3 is 28.4 Å². The lowest BCUT2D eigenvalue weighted by Gasteiger charge is -2.43. The first-order chi connectivity index (χ1) is 18.5. The van der Waals surface area contributed by atoms with Crippen LogP contribution in [0.4, 0.5) is 0 Å². The summed E-state index contributed by atoms with van der Waals surface area (Å²) in [5, 5.41) is 0. The average Bonchev–Trinajstić information content (AvgIpc) is 3.53. The van der Waals surface area contributed by atoms with Crippen molar-refractivity contribution in [2.75, 3.05) is 13.2 Å². The van der Waals surface area contributed by atoms with Gasteiger partial charge >= 0.3 is 0 Å². The molecule has 4 aliphatic rings. The van der Waals surface area contributed by atoms with Crippen LogP contribution in [0, 0.1) is 5.92 Å². The van der Waals surface area contributed by atoms with E-state index < -0.39 is 17.7 Å². The normalized spacial score (nSPS) is 35.3. The maximum absolute atomic E-state index is 6.61. The summed E-state index contributed by atoms with van der Waals surface area (Å²) in [7, 11) is 0. The number of hydrogen-bond acceptors (Lipinski definition) is 6. The summed E-state index contributed by atoms with van der Waals surface area (Å²) in [6, 6.07) is 29.4. The van der Waals surface area contributed by atoms with Crippen LogP contribution in [0.15, 0.2) is 84.9 Å². The van der Waals surface area contributed by atoms with Crippen molar-refractivity contribution < 1.29 is 28.4 Å². The minimum absolute atomic E-state index is 0.208. The van der Waals surface area contributed by atoms with Gasteiger partial charge in [-0.15, -0.1) is 0 Å². The maximum Gasteiger partial charge on any atom is 0.224 e. The van der Waals surface area contributed by atoms with E-state index >= 15 is 0 Å². The molecule has 3 aliphatic heterocycles. The zero-order valence-electron chi connectivity index (χ0n) is 21.8. The van der Waals surface area contributed by atoms with Gasteiger partial charge in [0.2, 0.25) is 5.79 Å². The Balaban J connectivity index is 1.08. The first-order valence-electron chi connectivity index (χ1n) is 13.6. The van der Waals surface area contributed by atoms with Gasteiger partial charge in [-0.2, -0.15) is 0 Å². The zero-order chi connectivity index (χ0) is 25.7. The van der Waals surface area contributed by atoms with Gasteiger partial charge in [-0.3, -0.25) is 0 Å². The molecule has 3 saturated heterocycles. The van der Waals surface area contributed by atoms with Crippen LogP contribution in [0.3, 0.4) is 0 Å². The molecule has 3 aromatic carbocycles. The van der Waals surface area contributed by atoms with Crippen LogP contribution in [0.25, 0.3) is 11.1 Å². The molecule has 3 aromatic rings. The molecule has 0 bridgehead atoms. The predicted molar refractivity (Wildman–Crippen MR) is 141 cm³/mol. The summed E-state index contributed by atoms with van der Waals surface area (Å²) in [5.41, 5.74) is 4.78. The molecule has 6 nitrogen and oxygen atoms in total. The second kappa shape index (κ2) is 9.56. The standard InChI is InChI=1S/C32H34O6/c1-31(2)35-20-32(38-31)29(33-18-21-13-15-23(16-14-21)22-9-5-3-6-10-22)28-27(19-34-32)36-30(37-28)26-17-25(26)24-11-7-4-8-12-24/h3-16,25-30H,17-20H2,1-2H3/t25-,26+,27+,28+,29-,30+,32-/m0/s1. The van der Waals surface area contributed by atoms with E-state index in [9.17, 15) is 0 Å². The Morgan fingerprint density at radius 3 is 2.24 bits per heavy atom. The van der Waals surface area contributed by atoms with Crippen LogP contribution in [0.2, 0.25) is 0 Å². The minimum Gasteiger partial charge on any atom is -0.365 e. The average molecular weight is 515 g/mol. The van der Waals surface area contributed by atoms with E-state index in [1.54, 1.807) is 0 Å². The summed E-state index contributed by atoms with van der Waals surface area (Å²) in [4.78, 5) is 0. The Bertz CT molecular complexity index is 1250. The van der Waals surface area contributed by atoms with E-state index in [1.165, 1.54) is 16.7 Å². The van der Waals surface area contributed by atoms with Gasteiger partial charge in [0.25, 0.3) is 0 Å². The van der Waals surface area contributed by atoms with Crippen molar-refractivity contribution in [3.8, 4) is 11.1 Å². The fraction of sp³-hybridized carbons (Fsp3) is 0.438. The van der Waals surface area contributed by atoms with Gasteiger partial charge in [0.15, 0.2) is 12.1 Å². The molecular formula is C32H34O6. The van der Waals surface area contributed by atoms with Crippen molar-refractivity contribution in [1.82, 2.24) is 0 Å². The Morgan fingerprint density at radius 2 is 1.53 bits per heavy atom. The molecule has 0 radical (unpaired) electrons. The smallest absolute Gasteiger partial charge is 0.224 e. The molecule has 4 fully saturated rings. The first-order valence-corrected chi connectivity index (χ1v) is 13.6. The van der Waals surface area contributed by atoms with E-state index in [-0.39, 0.29) is 25.1 Å². The van der Waals surface area contributed by atoms with Crippen molar-refractivity contribution >= 4 is 0 Å². The highest BCUT2D eigenvalue weighted by molar-refractivity contribution is 5.63. The lowest BCUT2D eigenvalue weighted by Crippen LogP contribution is -2.62. The molecule has 6 heteroatoms. The Kier molecular flexibility index (Phi) is 6.15. The van der Waals surface area contributed by atoms with Crippen molar-refractivity contribution in [1.29, 1.82) is 0 Å². The summed E-state index contributed by atoms with van der Waals surface area (Å²) in [6.45, 7) is 4.88. The molecule has 7 atom stereocenters. The van der Waals surface area contributed by atoms with E-state index in [1.807, 2.05) is 19.9 Å². The summed E-state index contributed by atoms with van der Waals surface area (Å²) in [5.74, 6) is -1.000. The number of benzene rings is 3. The first kappa shape index (κ1) is 24.5. The van der Waals surface area contributed by atoms with Gasteiger partial charge in [0.1, 0.15) is 24.9 Å². The van der Waals surface area contributed by atoms with Crippen molar-refractivity contribution in [2.24, 2.45) is 5.92 Å². The third kappa shape index (κ3) is 4.60. The highest BCUT2D eigenvalue weighted by Gasteiger charge is 2.64. The summed E-state index contributed by atoms with van der Waals surface area (Å²) in [6.07, 6.45) is -0.213. The summed E-state index contributed by atoms with van der Waals surface area (Å²) < 4.78 is 38.3. The quantitative estimate of drug-likeness (QED) is 0.423. The molecule has 0 amide bonds. The number of rotatable bonds is 6. The van der Waals surface area contributed by atoms with E-state index in [4.69, 9.17) is 28.4 Å². The van der Waals surface area contributed by atoms with Gasteiger partial charge in [0.05, 0.1) is 13.2 Å². The third-order valence-corrected chi connectivity index (χ3v) is 8.14. The molecule has 1 aliphatic carbocycles. The highest BCUT2D eigenvalue weighted by Crippen LogP contribution is 2.54. The van der Waals surface area contributed by atoms with E-state index in [0.717, 1.165) is 12.0 Å². The lowest BCUT2D eigenvalue weighted by molar-refractivity contribution is -0.336. The Morgan fingerprint density at radius 1 is 0.816 bits per heavy atom. The predicted octanol–water partition coefficient (Wildman–Crippen LogP) is 5.66. The Labute approximate surface area is 223 Å². The molecule has 198 valence electrons. The van der Waals surface area contributed by atoms with E-state index in [0.29, 0.717) is 25.0 Å². The molecule has 1 spiro atoms. The fourth-order valence-electron chi connectivity index (χ4n) is 6.07. The number of ether oxygens (including phenoxy) is 6. The summed E-state index contributed by atoms with van der Waals surface area (Å²) >= 11 is 0. The van der Waals surface area contributed by atoms with Crippen LogP contribution < -0.4 is 0 Å². The maximum atomic E-state index is 6.61. The lowest BCUT2D eigenvalue weighted by atomic mass is 9.97. The molecule has 1 saturated carbocycles. The zero-order valence-corrected chi connectivity index (χ0v) is 21.8. The van der Waals surface area contributed by atoms with Crippen LogP contribution >= 0.6 is 0 Å². The van der Waals surface area contributed by atoms with Crippen LogP contribution in [-0.4, -0.2) is 49.4 Å². The molecular weight excluding hydrogens is 480 g/mol. The topological polar surface area (TPSA) is 55.4 Å². The number of hydrogen-bond donors (Lipinski definition) is 0. The highest BCUT2D eigenvalue weighted by atomic mass is 16.9. The molecule has 0 unspecified atom stereocenters. The molecule has 38 heavy (non-hydrogen) atoms. The van der Waals surface area contributed by atoms with E-state index in [2.05, 4.69) is 78.9 Å². The molecule has 0 aromatic heterocycles. The van der Waals surface area contributed by atoms with Crippen LogP contribution in [-0.2, 0) is 35.0 Å². The van der Waals surface area contributed by atoms with Crippen molar-refractivity contribution in [3.63, 3.8) is 0 Å². The molecule has 0 N–H and O–H groups in total. The second-order valence-corrected chi connectivity index (χ2v) is 11.3. The second-order valence-electron chi connectivity index (χ2n) is 11.3. The van der Waals surface area contributed by atoms with Crippen molar-refractivity contribution in [3.05, 3.63) is 96.1 Å². The number of fused-ring (bicyclic) bond motifs is 1. The monoisotopic (exact) mass is 514 g/mol.